The first kappa shape index (κ1) is 13.4. The quantitative estimate of drug-likeness (QED) is 0.829. The highest BCUT2D eigenvalue weighted by Gasteiger charge is 2.56. The van der Waals surface area contributed by atoms with Gasteiger partial charge in [0.05, 0.1) is 0 Å². The zero-order valence-electron chi connectivity index (χ0n) is 12.0. The summed E-state index contributed by atoms with van der Waals surface area (Å²) in [6.07, 6.45) is 11.3. The molecular weight excluding hydrogens is 236 g/mol. The minimum atomic E-state index is 0.390. The Labute approximate surface area is 116 Å². The van der Waals surface area contributed by atoms with Crippen LogP contribution in [-0.2, 0) is 4.79 Å². The van der Waals surface area contributed by atoms with Gasteiger partial charge in [0.2, 0.25) is 5.91 Å². The minimum Gasteiger partial charge on any atom is -0.339 e. The normalized spacial score (nSPS) is 34.1. The van der Waals surface area contributed by atoms with Gasteiger partial charge in [0, 0.05) is 18.5 Å². The van der Waals surface area contributed by atoms with E-state index in [2.05, 4.69) is 4.90 Å². The number of nitrogens with two attached hydrogens (primary N) is 1. The van der Waals surface area contributed by atoms with Gasteiger partial charge in [-0.15, -0.1) is 0 Å². The molecule has 108 valence electrons. The van der Waals surface area contributed by atoms with E-state index in [-0.39, 0.29) is 0 Å². The molecule has 3 rings (SSSR count). The SMILES string of the molecule is NCCCN(C(=O)C1C2CCCCC21)C1CCCC1. The van der Waals surface area contributed by atoms with Crippen molar-refractivity contribution in [2.75, 3.05) is 13.1 Å². The maximum Gasteiger partial charge on any atom is 0.226 e. The molecule has 0 heterocycles. The van der Waals surface area contributed by atoms with Crippen LogP contribution >= 0.6 is 0 Å². The first-order valence-electron chi connectivity index (χ1n) is 8.33. The second-order valence-electron chi connectivity index (χ2n) is 6.75. The first-order chi connectivity index (χ1) is 9.33. The summed E-state index contributed by atoms with van der Waals surface area (Å²) in [5.41, 5.74) is 5.65. The molecule has 3 aliphatic carbocycles. The van der Waals surface area contributed by atoms with E-state index < -0.39 is 0 Å². The van der Waals surface area contributed by atoms with Crippen molar-refractivity contribution in [1.82, 2.24) is 4.90 Å². The van der Waals surface area contributed by atoms with Gasteiger partial charge in [0.25, 0.3) is 0 Å². The standard InChI is InChI=1S/C16H28N2O/c17-10-5-11-18(12-6-1-2-7-12)16(19)15-13-8-3-4-9-14(13)15/h12-15H,1-11,17H2. The Kier molecular flexibility index (Phi) is 4.11. The van der Waals surface area contributed by atoms with Crippen LogP contribution in [0.5, 0.6) is 0 Å². The van der Waals surface area contributed by atoms with E-state index in [4.69, 9.17) is 5.73 Å². The molecule has 0 aliphatic heterocycles. The van der Waals surface area contributed by atoms with E-state index in [0.29, 0.717) is 24.4 Å². The molecule has 3 fully saturated rings. The van der Waals surface area contributed by atoms with Crippen molar-refractivity contribution in [3.05, 3.63) is 0 Å². The van der Waals surface area contributed by atoms with Crippen LogP contribution in [0.1, 0.15) is 57.8 Å². The van der Waals surface area contributed by atoms with E-state index in [1.54, 1.807) is 0 Å². The molecule has 3 aliphatic rings. The molecule has 0 aromatic carbocycles. The lowest BCUT2D eigenvalue weighted by Gasteiger charge is -2.29. The molecule has 0 saturated heterocycles. The second kappa shape index (κ2) is 5.82. The summed E-state index contributed by atoms with van der Waals surface area (Å²) in [5, 5.41) is 0. The number of carbonyl (C=O) groups excluding carboxylic acids is 1. The fourth-order valence-corrected chi connectivity index (χ4v) is 4.50. The van der Waals surface area contributed by atoms with Crippen molar-refractivity contribution in [3.8, 4) is 0 Å². The van der Waals surface area contributed by atoms with E-state index in [0.717, 1.165) is 24.8 Å². The lowest BCUT2D eigenvalue weighted by atomic mass is 10.0. The van der Waals surface area contributed by atoms with Crippen LogP contribution in [0.4, 0.5) is 0 Å². The van der Waals surface area contributed by atoms with Gasteiger partial charge >= 0.3 is 0 Å². The average molecular weight is 264 g/mol. The fourth-order valence-electron chi connectivity index (χ4n) is 4.50. The van der Waals surface area contributed by atoms with Crippen LogP contribution in [0.2, 0.25) is 0 Å². The third kappa shape index (κ3) is 2.67. The van der Waals surface area contributed by atoms with E-state index in [1.165, 1.54) is 51.4 Å². The smallest absolute Gasteiger partial charge is 0.226 e. The Morgan fingerprint density at radius 1 is 1.00 bits per heavy atom. The topological polar surface area (TPSA) is 46.3 Å². The number of nitrogens with zero attached hydrogens (tertiary/aromatic N) is 1. The summed E-state index contributed by atoms with van der Waals surface area (Å²) in [5.74, 6) is 2.35. The number of rotatable bonds is 5. The van der Waals surface area contributed by atoms with Crippen molar-refractivity contribution < 1.29 is 4.79 Å². The molecule has 0 bridgehead atoms. The van der Waals surface area contributed by atoms with Gasteiger partial charge in [-0.2, -0.15) is 0 Å². The monoisotopic (exact) mass is 264 g/mol. The third-order valence-electron chi connectivity index (χ3n) is 5.59. The Balaban J connectivity index is 1.63. The molecule has 19 heavy (non-hydrogen) atoms. The van der Waals surface area contributed by atoms with Gasteiger partial charge in [0.15, 0.2) is 0 Å². The van der Waals surface area contributed by atoms with Crippen LogP contribution < -0.4 is 5.73 Å². The zero-order chi connectivity index (χ0) is 13.2. The molecule has 3 heteroatoms. The van der Waals surface area contributed by atoms with Gasteiger partial charge < -0.3 is 10.6 Å². The average Bonchev–Trinajstić information content (AvgIpc) is 2.92. The van der Waals surface area contributed by atoms with Gasteiger partial charge in [-0.1, -0.05) is 25.7 Å². The predicted octanol–water partition coefficient (Wildman–Crippen LogP) is 2.54. The Bertz CT molecular complexity index is 313. The van der Waals surface area contributed by atoms with Gasteiger partial charge in [0.1, 0.15) is 0 Å². The number of fused-ring (bicyclic) bond motifs is 1. The third-order valence-corrected chi connectivity index (χ3v) is 5.59. The predicted molar refractivity (Wildman–Crippen MR) is 76.6 cm³/mol. The van der Waals surface area contributed by atoms with E-state index in [9.17, 15) is 4.79 Å². The molecule has 1 amide bonds. The Morgan fingerprint density at radius 2 is 1.58 bits per heavy atom. The molecule has 2 atom stereocenters. The van der Waals surface area contributed by atoms with Crippen LogP contribution in [-0.4, -0.2) is 29.9 Å². The van der Waals surface area contributed by atoms with Crippen LogP contribution in [0, 0.1) is 17.8 Å². The summed E-state index contributed by atoms with van der Waals surface area (Å²) in [4.78, 5) is 15.1. The minimum absolute atomic E-state index is 0.390. The Morgan fingerprint density at radius 3 is 2.16 bits per heavy atom. The highest BCUT2D eigenvalue weighted by atomic mass is 16.2. The summed E-state index contributed by atoms with van der Waals surface area (Å²) in [6.45, 7) is 1.60. The molecule has 3 nitrogen and oxygen atoms in total. The molecule has 0 aromatic heterocycles. The molecule has 0 radical (unpaired) electrons. The van der Waals surface area contributed by atoms with Crippen LogP contribution in [0.3, 0.4) is 0 Å². The van der Waals surface area contributed by atoms with Gasteiger partial charge in [-0.25, -0.2) is 0 Å². The van der Waals surface area contributed by atoms with Crippen molar-refractivity contribution in [3.63, 3.8) is 0 Å². The largest absolute Gasteiger partial charge is 0.339 e. The van der Waals surface area contributed by atoms with Crippen molar-refractivity contribution in [2.45, 2.75) is 63.8 Å². The summed E-state index contributed by atoms with van der Waals surface area (Å²) in [7, 11) is 0. The Hall–Kier alpha value is -0.570. The van der Waals surface area contributed by atoms with E-state index >= 15 is 0 Å². The maximum atomic E-state index is 12.8. The molecular formula is C16H28N2O. The molecule has 0 spiro atoms. The van der Waals surface area contributed by atoms with Crippen molar-refractivity contribution in [1.29, 1.82) is 0 Å². The zero-order valence-corrected chi connectivity index (χ0v) is 12.0. The summed E-state index contributed by atoms with van der Waals surface area (Å²) in [6, 6.07) is 0.529. The van der Waals surface area contributed by atoms with Gasteiger partial charge in [-0.05, 0) is 50.5 Å². The fraction of sp³-hybridized carbons (Fsp3) is 0.938. The number of hydrogen-bond donors (Lipinski definition) is 1. The number of hydrogen-bond acceptors (Lipinski definition) is 2. The molecule has 3 saturated carbocycles. The summed E-state index contributed by atoms with van der Waals surface area (Å²) < 4.78 is 0. The maximum absolute atomic E-state index is 12.8. The lowest BCUT2D eigenvalue weighted by molar-refractivity contribution is -0.135. The van der Waals surface area contributed by atoms with Crippen molar-refractivity contribution in [2.24, 2.45) is 23.5 Å². The second-order valence-corrected chi connectivity index (χ2v) is 6.75. The molecule has 2 N–H and O–H groups in total. The van der Waals surface area contributed by atoms with E-state index in [1.807, 2.05) is 0 Å². The first-order valence-corrected chi connectivity index (χ1v) is 8.33. The summed E-state index contributed by atoms with van der Waals surface area (Å²) >= 11 is 0. The van der Waals surface area contributed by atoms with Crippen molar-refractivity contribution >= 4 is 5.91 Å². The number of carbonyl (C=O) groups is 1. The van der Waals surface area contributed by atoms with Gasteiger partial charge in [-0.3, -0.25) is 4.79 Å². The molecule has 0 aromatic rings. The molecule has 2 unspecified atom stereocenters. The lowest BCUT2D eigenvalue weighted by Crippen LogP contribution is -2.41. The highest BCUT2D eigenvalue weighted by Crippen LogP contribution is 2.56. The number of amides is 1. The highest BCUT2D eigenvalue weighted by molar-refractivity contribution is 5.82. The van der Waals surface area contributed by atoms with Crippen LogP contribution in [0.15, 0.2) is 0 Å². The van der Waals surface area contributed by atoms with Crippen LogP contribution in [0.25, 0.3) is 0 Å².